The highest BCUT2D eigenvalue weighted by molar-refractivity contribution is 14.1. The average Bonchev–Trinajstić information content (AvgIpc) is 2.46. The predicted octanol–water partition coefficient (Wildman–Crippen LogP) is 2.83. The average molecular weight is 371 g/mol. The van der Waals surface area contributed by atoms with Crippen LogP contribution in [0.15, 0.2) is 18.3 Å². The zero-order valence-electron chi connectivity index (χ0n) is 10.9. The van der Waals surface area contributed by atoms with Gasteiger partial charge in [0, 0.05) is 22.4 Å². The maximum Gasteiger partial charge on any atom is 0.213 e. The van der Waals surface area contributed by atoms with Crippen molar-refractivity contribution in [2.45, 2.75) is 31.7 Å². The first-order valence-electron chi connectivity index (χ1n) is 6.67. The second-order valence-electron chi connectivity index (χ2n) is 4.69. The van der Waals surface area contributed by atoms with Gasteiger partial charge in [-0.2, -0.15) is 5.26 Å². The van der Waals surface area contributed by atoms with E-state index in [-0.39, 0.29) is 6.04 Å². The summed E-state index contributed by atoms with van der Waals surface area (Å²) in [6.45, 7) is 2.63. The molecule has 1 aromatic rings. The molecule has 102 valence electrons. The molecular weight excluding hydrogens is 353 g/mol. The standard InChI is InChI=1S/C14H18IN3O/c15-12-5-6-14(17-11-12)19-9-3-8-18-7-2-1-4-13(18)10-16/h5-6,11,13H,1-4,7-9H2. The second-order valence-corrected chi connectivity index (χ2v) is 5.94. The predicted molar refractivity (Wildman–Crippen MR) is 81.9 cm³/mol. The molecule has 1 saturated heterocycles. The van der Waals surface area contributed by atoms with Crippen LogP contribution in [0.5, 0.6) is 5.88 Å². The van der Waals surface area contributed by atoms with Crippen LogP contribution in [0.4, 0.5) is 0 Å². The van der Waals surface area contributed by atoms with Crippen LogP contribution in [0.3, 0.4) is 0 Å². The number of hydrogen-bond acceptors (Lipinski definition) is 4. The topological polar surface area (TPSA) is 49.2 Å². The third-order valence-electron chi connectivity index (χ3n) is 3.30. The molecule has 1 fully saturated rings. The zero-order valence-corrected chi connectivity index (χ0v) is 13.0. The monoisotopic (exact) mass is 371 g/mol. The molecule has 19 heavy (non-hydrogen) atoms. The molecule has 0 saturated carbocycles. The van der Waals surface area contributed by atoms with E-state index in [0.717, 1.165) is 29.5 Å². The van der Waals surface area contributed by atoms with Gasteiger partial charge in [0.05, 0.1) is 18.7 Å². The van der Waals surface area contributed by atoms with Gasteiger partial charge in [0.25, 0.3) is 0 Å². The van der Waals surface area contributed by atoms with Crippen LogP contribution < -0.4 is 4.74 Å². The van der Waals surface area contributed by atoms with E-state index in [1.54, 1.807) is 6.20 Å². The number of rotatable bonds is 5. The van der Waals surface area contributed by atoms with E-state index in [1.807, 2.05) is 12.1 Å². The highest BCUT2D eigenvalue weighted by atomic mass is 127. The number of nitrogens with zero attached hydrogens (tertiary/aromatic N) is 3. The number of ether oxygens (including phenoxy) is 1. The summed E-state index contributed by atoms with van der Waals surface area (Å²) >= 11 is 2.22. The molecule has 1 aliphatic heterocycles. The Hall–Kier alpha value is -0.870. The first-order valence-corrected chi connectivity index (χ1v) is 7.75. The summed E-state index contributed by atoms with van der Waals surface area (Å²) in [4.78, 5) is 6.47. The fourth-order valence-corrected chi connectivity index (χ4v) is 2.62. The molecule has 0 aromatic carbocycles. The Bertz CT molecular complexity index is 429. The van der Waals surface area contributed by atoms with Gasteiger partial charge in [-0.3, -0.25) is 4.90 Å². The molecule has 0 N–H and O–H groups in total. The van der Waals surface area contributed by atoms with Crippen molar-refractivity contribution >= 4 is 22.6 Å². The number of pyridine rings is 1. The lowest BCUT2D eigenvalue weighted by atomic mass is 10.0. The highest BCUT2D eigenvalue weighted by Crippen LogP contribution is 2.16. The third kappa shape index (κ3) is 4.62. The molecule has 0 radical (unpaired) electrons. The minimum absolute atomic E-state index is 0.102. The van der Waals surface area contributed by atoms with Crippen molar-refractivity contribution in [2.75, 3.05) is 19.7 Å². The van der Waals surface area contributed by atoms with Crippen LogP contribution in [0, 0.1) is 14.9 Å². The van der Waals surface area contributed by atoms with Gasteiger partial charge in [-0.25, -0.2) is 4.98 Å². The van der Waals surface area contributed by atoms with Gasteiger partial charge in [-0.15, -0.1) is 0 Å². The van der Waals surface area contributed by atoms with E-state index in [0.29, 0.717) is 12.5 Å². The van der Waals surface area contributed by atoms with E-state index in [9.17, 15) is 0 Å². The Labute approximate surface area is 127 Å². The molecule has 1 unspecified atom stereocenters. The van der Waals surface area contributed by atoms with E-state index in [1.165, 1.54) is 12.8 Å². The Kier molecular flexibility index (Phi) is 5.86. The second kappa shape index (κ2) is 7.65. The molecule has 5 heteroatoms. The normalized spacial score (nSPS) is 19.9. The smallest absolute Gasteiger partial charge is 0.213 e. The van der Waals surface area contributed by atoms with Gasteiger partial charge in [-0.1, -0.05) is 0 Å². The number of nitriles is 1. The Morgan fingerprint density at radius 3 is 3.11 bits per heavy atom. The summed E-state index contributed by atoms with van der Waals surface area (Å²) in [7, 11) is 0. The summed E-state index contributed by atoms with van der Waals surface area (Å²) < 4.78 is 6.70. The first-order chi connectivity index (χ1) is 9.29. The van der Waals surface area contributed by atoms with E-state index in [4.69, 9.17) is 10.00 Å². The fourth-order valence-electron chi connectivity index (χ4n) is 2.30. The Morgan fingerprint density at radius 2 is 2.37 bits per heavy atom. The number of aromatic nitrogens is 1. The van der Waals surface area contributed by atoms with Crippen molar-refractivity contribution in [3.63, 3.8) is 0 Å². The molecule has 1 aromatic heterocycles. The van der Waals surface area contributed by atoms with Crippen LogP contribution in [0.2, 0.25) is 0 Å². The highest BCUT2D eigenvalue weighted by Gasteiger charge is 2.20. The van der Waals surface area contributed by atoms with Gasteiger partial charge in [0.1, 0.15) is 0 Å². The lowest BCUT2D eigenvalue weighted by Gasteiger charge is -2.31. The first kappa shape index (κ1) is 14.5. The van der Waals surface area contributed by atoms with Crippen molar-refractivity contribution in [1.29, 1.82) is 5.26 Å². The van der Waals surface area contributed by atoms with E-state index >= 15 is 0 Å². The number of likely N-dealkylation sites (tertiary alicyclic amines) is 1. The molecular formula is C14H18IN3O. The summed E-state index contributed by atoms with van der Waals surface area (Å²) in [5.41, 5.74) is 0. The summed E-state index contributed by atoms with van der Waals surface area (Å²) in [6, 6.07) is 6.37. The fraction of sp³-hybridized carbons (Fsp3) is 0.571. The van der Waals surface area contributed by atoms with E-state index in [2.05, 4.69) is 38.5 Å². The van der Waals surface area contributed by atoms with Crippen molar-refractivity contribution in [2.24, 2.45) is 0 Å². The minimum Gasteiger partial charge on any atom is -0.478 e. The van der Waals surface area contributed by atoms with E-state index < -0.39 is 0 Å². The zero-order chi connectivity index (χ0) is 13.5. The van der Waals surface area contributed by atoms with Crippen molar-refractivity contribution in [3.8, 4) is 11.9 Å². The largest absolute Gasteiger partial charge is 0.478 e. The van der Waals surface area contributed by atoms with Crippen LogP contribution in [0.25, 0.3) is 0 Å². The number of halogens is 1. The van der Waals surface area contributed by atoms with Gasteiger partial charge >= 0.3 is 0 Å². The van der Waals surface area contributed by atoms with Gasteiger partial charge in [-0.05, 0) is 60.9 Å². The van der Waals surface area contributed by atoms with Crippen molar-refractivity contribution in [1.82, 2.24) is 9.88 Å². The minimum atomic E-state index is 0.102. The molecule has 4 nitrogen and oxygen atoms in total. The van der Waals surface area contributed by atoms with Gasteiger partial charge in [0.15, 0.2) is 0 Å². The quantitative estimate of drug-likeness (QED) is 0.590. The molecule has 1 atom stereocenters. The van der Waals surface area contributed by atoms with Crippen molar-refractivity contribution in [3.05, 3.63) is 21.9 Å². The maximum absolute atomic E-state index is 9.09. The summed E-state index contributed by atoms with van der Waals surface area (Å²) in [5, 5.41) is 9.09. The van der Waals surface area contributed by atoms with Crippen LogP contribution in [-0.4, -0.2) is 35.6 Å². The maximum atomic E-state index is 9.09. The third-order valence-corrected chi connectivity index (χ3v) is 3.94. The molecule has 2 rings (SSSR count). The summed E-state index contributed by atoms with van der Waals surface area (Å²) in [6.07, 6.45) is 6.13. The lowest BCUT2D eigenvalue weighted by molar-refractivity contribution is 0.168. The molecule has 0 aliphatic carbocycles. The lowest BCUT2D eigenvalue weighted by Crippen LogP contribution is -2.39. The van der Waals surface area contributed by atoms with Crippen LogP contribution in [0.1, 0.15) is 25.7 Å². The van der Waals surface area contributed by atoms with Crippen LogP contribution in [-0.2, 0) is 0 Å². The molecule has 0 bridgehead atoms. The Morgan fingerprint density at radius 1 is 1.47 bits per heavy atom. The molecule has 1 aliphatic rings. The number of hydrogen-bond donors (Lipinski definition) is 0. The molecule has 2 heterocycles. The SMILES string of the molecule is N#CC1CCCCN1CCCOc1ccc(I)cn1. The molecule has 0 amide bonds. The van der Waals surface area contributed by atoms with Crippen molar-refractivity contribution < 1.29 is 4.74 Å². The summed E-state index contributed by atoms with van der Waals surface area (Å²) in [5.74, 6) is 0.677. The number of piperidine rings is 1. The van der Waals surface area contributed by atoms with Gasteiger partial charge < -0.3 is 4.74 Å². The molecule has 0 spiro atoms. The van der Waals surface area contributed by atoms with Gasteiger partial charge in [0.2, 0.25) is 5.88 Å². The Balaban J connectivity index is 1.68. The van der Waals surface area contributed by atoms with Crippen LogP contribution >= 0.6 is 22.6 Å².